The van der Waals surface area contributed by atoms with E-state index >= 15 is 0 Å². The molecule has 6 heteroatoms. The van der Waals surface area contributed by atoms with Gasteiger partial charge in [0, 0.05) is 23.3 Å². The van der Waals surface area contributed by atoms with Gasteiger partial charge in [0.15, 0.2) is 23.0 Å². The largest absolute Gasteiger partial charge is 0.507 e. The minimum Gasteiger partial charge on any atom is -0.507 e. The lowest BCUT2D eigenvalue weighted by Crippen LogP contribution is -1.82. The van der Waals surface area contributed by atoms with E-state index in [0.29, 0.717) is 0 Å². The molecular weight excluding hydrogens is 240 g/mol. The van der Waals surface area contributed by atoms with Gasteiger partial charge < -0.3 is 30.6 Å². The van der Waals surface area contributed by atoms with E-state index in [4.69, 9.17) is 0 Å². The highest BCUT2D eigenvalue weighted by atomic mass is 16.3. The lowest BCUT2D eigenvalue weighted by molar-refractivity contribution is 0.394. The van der Waals surface area contributed by atoms with Crippen LogP contribution in [0.1, 0.15) is 0 Å². The Labute approximate surface area is 101 Å². The Morgan fingerprint density at radius 2 is 0.667 bits per heavy atom. The number of hydrogen-bond donors (Lipinski definition) is 6. The van der Waals surface area contributed by atoms with Gasteiger partial charge in [-0.3, -0.25) is 0 Å². The van der Waals surface area contributed by atoms with Gasteiger partial charge in [-0.15, -0.1) is 0 Å². The molecule has 2 aromatic carbocycles. The maximum Gasteiger partial charge on any atom is 0.161 e. The van der Waals surface area contributed by atoms with Gasteiger partial charge in [0.2, 0.25) is 0 Å². The third kappa shape index (κ3) is 1.80. The molecule has 0 radical (unpaired) electrons. The van der Waals surface area contributed by atoms with E-state index in [9.17, 15) is 30.6 Å². The third-order valence-corrected chi connectivity index (χ3v) is 2.48. The first-order valence-electron chi connectivity index (χ1n) is 4.90. The van der Waals surface area contributed by atoms with Crippen LogP contribution in [0.4, 0.5) is 0 Å². The molecule has 0 amide bonds. The Bertz CT molecular complexity index is 565. The highest BCUT2D eigenvalue weighted by molar-refractivity contribution is 5.79. The van der Waals surface area contributed by atoms with E-state index in [2.05, 4.69) is 0 Å². The zero-order valence-electron chi connectivity index (χ0n) is 8.99. The molecule has 0 aliphatic heterocycles. The van der Waals surface area contributed by atoms with E-state index in [-0.39, 0.29) is 11.1 Å². The molecule has 0 fully saturated rings. The summed E-state index contributed by atoms with van der Waals surface area (Å²) in [6.07, 6.45) is 0. The summed E-state index contributed by atoms with van der Waals surface area (Å²) in [6.45, 7) is 0. The summed E-state index contributed by atoms with van der Waals surface area (Å²) in [5, 5.41) is 56.3. The molecule has 2 aromatic rings. The lowest BCUT2D eigenvalue weighted by Gasteiger charge is -2.10. The molecule has 0 heterocycles. The molecule has 0 bridgehead atoms. The van der Waals surface area contributed by atoms with Crippen LogP contribution in [0.25, 0.3) is 11.1 Å². The highest BCUT2D eigenvalue weighted by Crippen LogP contribution is 2.44. The predicted octanol–water partition coefficient (Wildman–Crippen LogP) is 1.59. The first kappa shape index (κ1) is 11.7. The summed E-state index contributed by atoms with van der Waals surface area (Å²) in [4.78, 5) is 0. The van der Waals surface area contributed by atoms with Crippen molar-refractivity contribution in [3.63, 3.8) is 0 Å². The van der Waals surface area contributed by atoms with Crippen LogP contribution in [0, 0.1) is 0 Å². The number of aromatic hydroxyl groups is 6. The molecule has 6 N–H and O–H groups in total. The number of benzene rings is 2. The fourth-order valence-electron chi connectivity index (χ4n) is 1.56. The minimum absolute atomic E-state index is 0.00176. The molecule has 0 atom stereocenters. The fraction of sp³-hybridized carbons (Fsp3) is 0. The standard InChI is InChI=1S/C12H10O6/c13-7-3-11(17)9(15)1-5(7)6-2-10(16)12(18)4-8(6)14/h1-4,13-18H. The molecule has 0 aliphatic rings. The van der Waals surface area contributed by atoms with E-state index < -0.39 is 34.5 Å². The molecule has 0 unspecified atom stereocenters. The summed E-state index contributed by atoms with van der Waals surface area (Å²) in [6, 6.07) is 3.84. The Hall–Kier alpha value is -2.76. The molecule has 0 spiro atoms. The maximum absolute atomic E-state index is 9.63. The van der Waals surface area contributed by atoms with Crippen LogP contribution in [0.5, 0.6) is 34.5 Å². The van der Waals surface area contributed by atoms with E-state index in [1.54, 1.807) is 0 Å². The van der Waals surface area contributed by atoms with Crippen molar-refractivity contribution in [3.05, 3.63) is 24.3 Å². The van der Waals surface area contributed by atoms with Crippen molar-refractivity contribution >= 4 is 0 Å². The van der Waals surface area contributed by atoms with Crippen molar-refractivity contribution in [3.8, 4) is 45.6 Å². The maximum atomic E-state index is 9.63. The molecule has 0 aromatic heterocycles. The quantitative estimate of drug-likeness (QED) is 0.337. The van der Waals surface area contributed by atoms with Gasteiger partial charge in [-0.25, -0.2) is 0 Å². The molecule has 0 saturated heterocycles. The van der Waals surface area contributed by atoms with Crippen LogP contribution in [0.2, 0.25) is 0 Å². The fourth-order valence-corrected chi connectivity index (χ4v) is 1.56. The van der Waals surface area contributed by atoms with Gasteiger partial charge in [0.1, 0.15) is 11.5 Å². The van der Waals surface area contributed by atoms with Gasteiger partial charge in [0.25, 0.3) is 0 Å². The average molecular weight is 250 g/mol. The molecule has 94 valence electrons. The second kappa shape index (κ2) is 3.92. The molecule has 6 nitrogen and oxygen atoms in total. The van der Waals surface area contributed by atoms with Gasteiger partial charge in [-0.1, -0.05) is 0 Å². The van der Waals surface area contributed by atoms with E-state index in [1.165, 1.54) is 0 Å². The zero-order valence-corrected chi connectivity index (χ0v) is 8.99. The molecule has 0 saturated carbocycles. The lowest BCUT2D eigenvalue weighted by atomic mass is 10.0. The molecular formula is C12H10O6. The Morgan fingerprint density at radius 1 is 0.389 bits per heavy atom. The third-order valence-electron chi connectivity index (χ3n) is 2.48. The monoisotopic (exact) mass is 250 g/mol. The summed E-state index contributed by atoms with van der Waals surface area (Å²) in [5.41, 5.74) is -0.00352. The van der Waals surface area contributed by atoms with Crippen LogP contribution in [0.15, 0.2) is 24.3 Å². The van der Waals surface area contributed by atoms with Crippen molar-refractivity contribution < 1.29 is 30.6 Å². The van der Waals surface area contributed by atoms with Crippen molar-refractivity contribution in [1.29, 1.82) is 0 Å². The first-order valence-corrected chi connectivity index (χ1v) is 4.90. The summed E-state index contributed by atoms with van der Waals surface area (Å²) in [5.74, 6) is -2.81. The second-order valence-electron chi connectivity index (χ2n) is 3.72. The summed E-state index contributed by atoms with van der Waals surface area (Å²) < 4.78 is 0. The number of phenols is 6. The Morgan fingerprint density at radius 3 is 1.00 bits per heavy atom. The van der Waals surface area contributed by atoms with Crippen molar-refractivity contribution in [2.45, 2.75) is 0 Å². The van der Waals surface area contributed by atoms with E-state index in [0.717, 1.165) is 24.3 Å². The number of rotatable bonds is 1. The topological polar surface area (TPSA) is 121 Å². The van der Waals surface area contributed by atoms with Crippen LogP contribution < -0.4 is 0 Å². The molecule has 18 heavy (non-hydrogen) atoms. The SMILES string of the molecule is Oc1cc(O)c(-c2cc(O)c(O)cc2O)cc1O. The smallest absolute Gasteiger partial charge is 0.161 e. The second-order valence-corrected chi connectivity index (χ2v) is 3.72. The van der Waals surface area contributed by atoms with E-state index in [1.807, 2.05) is 0 Å². The summed E-state index contributed by atoms with van der Waals surface area (Å²) in [7, 11) is 0. The number of hydrogen-bond acceptors (Lipinski definition) is 6. The Kier molecular flexibility index (Phi) is 2.55. The van der Waals surface area contributed by atoms with Crippen LogP contribution >= 0.6 is 0 Å². The van der Waals surface area contributed by atoms with Gasteiger partial charge in [-0.05, 0) is 12.1 Å². The summed E-state index contributed by atoms with van der Waals surface area (Å²) >= 11 is 0. The van der Waals surface area contributed by atoms with Crippen molar-refractivity contribution in [1.82, 2.24) is 0 Å². The average Bonchev–Trinajstić information content (AvgIpc) is 2.29. The minimum atomic E-state index is -0.515. The normalized spacial score (nSPS) is 10.4. The predicted molar refractivity (Wildman–Crippen MR) is 61.9 cm³/mol. The molecule has 0 aliphatic carbocycles. The van der Waals surface area contributed by atoms with Gasteiger partial charge in [-0.2, -0.15) is 0 Å². The van der Waals surface area contributed by atoms with Crippen LogP contribution in [-0.4, -0.2) is 30.6 Å². The van der Waals surface area contributed by atoms with Gasteiger partial charge in [0.05, 0.1) is 0 Å². The van der Waals surface area contributed by atoms with Crippen LogP contribution in [0.3, 0.4) is 0 Å². The first-order chi connectivity index (χ1) is 8.40. The van der Waals surface area contributed by atoms with Gasteiger partial charge >= 0.3 is 0 Å². The van der Waals surface area contributed by atoms with Crippen LogP contribution in [-0.2, 0) is 0 Å². The number of phenolic OH excluding ortho intramolecular Hbond substituents is 6. The molecule has 2 rings (SSSR count). The van der Waals surface area contributed by atoms with Crippen molar-refractivity contribution in [2.75, 3.05) is 0 Å². The van der Waals surface area contributed by atoms with Crippen molar-refractivity contribution in [2.24, 2.45) is 0 Å². The zero-order chi connectivity index (χ0) is 13.4. The highest BCUT2D eigenvalue weighted by Gasteiger charge is 2.15. The Balaban J connectivity index is 2.69.